The highest BCUT2D eigenvalue weighted by Gasteiger charge is 2.31. The topological polar surface area (TPSA) is 85.8 Å². The number of hydrogen-bond donors (Lipinski definition) is 0. The molecule has 1 aromatic heterocycles. The smallest absolute Gasteiger partial charge is 0.284 e. The number of thiocarbonyl (C=S) groups is 1. The number of benzene rings is 1. The van der Waals surface area contributed by atoms with Crippen molar-refractivity contribution in [2.45, 2.75) is 0 Å². The Hall–Kier alpha value is -2.91. The van der Waals surface area contributed by atoms with Crippen LogP contribution in [-0.4, -0.2) is 33.7 Å². The molecule has 2 aromatic rings. The summed E-state index contributed by atoms with van der Waals surface area (Å²) in [5.74, 6) is 0.868. The minimum Gasteiger partial charge on any atom is -0.497 e. The molecule has 9 heteroatoms. The maximum Gasteiger partial charge on any atom is 0.284 e. The number of hydrogen-bond acceptors (Lipinski definition) is 7. The molecule has 1 fully saturated rings. The Morgan fingerprint density at radius 1 is 1.41 bits per heavy atom. The number of nitro benzene ring substituents is 1. The number of amides is 1. The Morgan fingerprint density at radius 3 is 2.85 bits per heavy atom. The summed E-state index contributed by atoms with van der Waals surface area (Å²) < 4.78 is 11.2. The maximum absolute atomic E-state index is 12.4. The van der Waals surface area contributed by atoms with Crippen LogP contribution in [0, 0.1) is 10.1 Å². The molecule has 0 N–H and O–H groups in total. The highest BCUT2D eigenvalue weighted by molar-refractivity contribution is 8.26. The molecule has 1 aliphatic rings. The molecule has 1 aliphatic heterocycles. The average Bonchev–Trinajstić information content (AvgIpc) is 3.22. The van der Waals surface area contributed by atoms with Crippen molar-refractivity contribution in [3.63, 3.8) is 0 Å². The Balaban J connectivity index is 1.92. The van der Waals surface area contributed by atoms with E-state index in [1.165, 1.54) is 29.8 Å². The van der Waals surface area contributed by atoms with Gasteiger partial charge in [0.15, 0.2) is 0 Å². The lowest BCUT2D eigenvalue weighted by molar-refractivity contribution is -0.384. The van der Waals surface area contributed by atoms with Gasteiger partial charge in [0.05, 0.1) is 28.6 Å². The van der Waals surface area contributed by atoms with Crippen molar-refractivity contribution in [2.24, 2.45) is 0 Å². The molecule has 0 saturated carbocycles. The van der Waals surface area contributed by atoms with Crippen molar-refractivity contribution in [1.82, 2.24) is 4.90 Å². The molecule has 0 bridgehead atoms. The van der Waals surface area contributed by atoms with E-state index in [4.69, 9.17) is 21.4 Å². The predicted molar refractivity (Wildman–Crippen MR) is 107 cm³/mol. The van der Waals surface area contributed by atoms with Gasteiger partial charge in [-0.15, -0.1) is 6.58 Å². The summed E-state index contributed by atoms with van der Waals surface area (Å²) in [5, 5.41) is 11.3. The van der Waals surface area contributed by atoms with Gasteiger partial charge in [0, 0.05) is 12.6 Å². The van der Waals surface area contributed by atoms with Gasteiger partial charge in [-0.1, -0.05) is 30.1 Å². The van der Waals surface area contributed by atoms with Crippen LogP contribution in [0.25, 0.3) is 17.4 Å². The van der Waals surface area contributed by atoms with Crippen molar-refractivity contribution in [3.05, 3.63) is 63.8 Å². The van der Waals surface area contributed by atoms with E-state index in [1.807, 2.05) is 0 Å². The molecule has 1 amide bonds. The second-order valence-corrected chi connectivity index (χ2v) is 7.10. The van der Waals surface area contributed by atoms with Crippen LogP contribution in [0.3, 0.4) is 0 Å². The molecular formula is C18H14N2O5S2. The van der Waals surface area contributed by atoms with E-state index in [-0.39, 0.29) is 11.6 Å². The molecule has 0 atom stereocenters. The van der Waals surface area contributed by atoms with Crippen molar-refractivity contribution < 1.29 is 18.9 Å². The van der Waals surface area contributed by atoms with E-state index in [0.717, 1.165) is 0 Å². The van der Waals surface area contributed by atoms with E-state index >= 15 is 0 Å². The van der Waals surface area contributed by atoms with Gasteiger partial charge in [0.25, 0.3) is 11.6 Å². The third-order valence-corrected chi connectivity index (χ3v) is 5.13. The van der Waals surface area contributed by atoms with E-state index in [1.54, 1.807) is 36.4 Å². The first-order valence-corrected chi connectivity index (χ1v) is 8.96. The zero-order valence-corrected chi connectivity index (χ0v) is 15.8. The fraction of sp³-hybridized carbons (Fsp3) is 0.111. The van der Waals surface area contributed by atoms with Crippen LogP contribution in [0.5, 0.6) is 5.75 Å². The molecule has 0 aliphatic carbocycles. The van der Waals surface area contributed by atoms with Crippen molar-refractivity contribution in [2.75, 3.05) is 13.7 Å². The van der Waals surface area contributed by atoms with Crippen LogP contribution >= 0.6 is 24.0 Å². The SMILES string of the molecule is C=CCN1C(=O)/C(=C/c2ccc(-c3ccc(OC)cc3[N+](=O)[O-])o2)SC1=S. The molecule has 7 nitrogen and oxygen atoms in total. The summed E-state index contributed by atoms with van der Waals surface area (Å²) in [4.78, 5) is 25.1. The normalized spacial score (nSPS) is 15.4. The van der Waals surface area contributed by atoms with Crippen LogP contribution in [-0.2, 0) is 4.79 Å². The first-order valence-electron chi connectivity index (χ1n) is 7.73. The second-order valence-electron chi connectivity index (χ2n) is 5.42. The molecule has 138 valence electrons. The fourth-order valence-corrected chi connectivity index (χ4v) is 3.74. The number of ether oxygens (including phenoxy) is 1. The Morgan fingerprint density at radius 2 is 2.19 bits per heavy atom. The highest BCUT2D eigenvalue weighted by atomic mass is 32.2. The van der Waals surface area contributed by atoms with E-state index in [9.17, 15) is 14.9 Å². The highest BCUT2D eigenvalue weighted by Crippen LogP contribution is 2.36. The van der Waals surface area contributed by atoms with Gasteiger partial charge in [-0.05, 0) is 24.3 Å². The summed E-state index contributed by atoms with van der Waals surface area (Å²) in [6.45, 7) is 3.95. The Bertz CT molecular complexity index is 980. The number of nitrogens with zero attached hydrogens (tertiary/aromatic N) is 2. The van der Waals surface area contributed by atoms with Gasteiger partial charge in [0.2, 0.25) is 0 Å². The van der Waals surface area contributed by atoms with Crippen LogP contribution in [0.2, 0.25) is 0 Å². The number of rotatable bonds is 6. The number of nitro groups is 1. The zero-order chi connectivity index (χ0) is 19.6. The lowest BCUT2D eigenvalue weighted by Gasteiger charge is -2.10. The lowest BCUT2D eigenvalue weighted by Crippen LogP contribution is -2.27. The molecule has 1 saturated heterocycles. The van der Waals surface area contributed by atoms with E-state index in [2.05, 4.69) is 6.58 Å². The molecule has 2 heterocycles. The monoisotopic (exact) mass is 402 g/mol. The predicted octanol–water partition coefficient (Wildman–Crippen LogP) is 4.25. The summed E-state index contributed by atoms with van der Waals surface area (Å²) >= 11 is 6.36. The minimum atomic E-state index is -0.500. The van der Waals surface area contributed by atoms with Crippen molar-refractivity contribution >= 4 is 46.0 Å². The summed E-state index contributed by atoms with van der Waals surface area (Å²) in [5.41, 5.74) is 0.187. The van der Waals surface area contributed by atoms with Gasteiger partial charge in [-0.3, -0.25) is 19.8 Å². The maximum atomic E-state index is 12.4. The molecular weight excluding hydrogens is 388 g/mol. The van der Waals surface area contributed by atoms with Gasteiger partial charge < -0.3 is 9.15 Å². The second kappa shape index (κ2) is 7.77. The van der Waals surface area contributed by atoms with E-state index < -0.39 is 4.92 Å². The molecule has 0 spiro atoms. The van der Waals surface area contributed by atoms with Crippen LogP contribution < -0.4 is 4.74 Å². The average molecular weight is 402 g/mol. The van der Waals surface area contributed by atoms with Gasteiger partial charge in [-0.25, -0.2) is 0 Å². The standard InChI is InChI=1S/C18H14N2O5S2/c1-3-8-19-17(21)16(27-18(19)26)10-12-5-7-15(25-12)13-6-4-11(24-2)9-14(13)20(22)23/h3-7,9-10H,1,8H2,2H3/b16-10-. The molecule has 3 rings (SSSR count). The number of thioether (sulfide) groups is 1. The third kappa shape index (κ3) is 3.79. The summed E-state index contributed by atoms with van der Waals surface area (Å²) in [6, 6.07) is 7.76. The summed E-state index contributed by atoms with van der Waals surface area (Å²) in [6.07, 6.45) is 3.17. The third-order valence-electron chi connectivity index (χ3n) is 3.75. The van der Waals surface area contributed by atoms with Gasteiger partial charge in [0.1, 0.15) is 21.6 Å². The molecule has 0 radical (unpaired) electrons. The van der Waals surface area contributed by atoms with Crippen LogP contribution in [0.4, 0.5) is 5.69 Å². The number of carbonyl (C=O) groups is 1. The van der Waals surface area contributed by atoms with Crippen LogP contribution in [0.1, 0.15) is 5.76 Å². The van der Waals surface area contributed by atoms with Crippen molar-refractivity contribution in [1.29, 1.82) is 0 Å². The minimum absolute atomic E-state index is 0.132. The fourth-order valence-electron chi connectivity index (χ4n) is 2.49. The molecule has 0 unspecified atom stereocenters. The lowest BCUT2D eigenvalue weighted by atomic mass is 10.1. The van der Waals surface area contributed by atoms with Crippen molar-refractivity contribution in [3.8, 4) is 17.1 Å². The molecule has 1 aromatic carbocycles. The first-order chi connectivity index (χ1) is 12.9. The first kappa shape index (κ1) is 18.9. The zero-order valence-electron chi connectivity index (χ0n) is 14.2. The number of methoxy groups -OCH3 is 1. The largest absolute Gasteiger partial charge is 0.497 e. The number of furan rings is 1. The molecule has 27 heavy (non-hydrogen) atoms. The quantitative estimate of drug-likeness (QED) is 0.235. The number of carbonyl (C=O) groups excluding carboxylic acids is 1. The Labute approximate surface area is 164 Å². The summed E-state index contributed by atoms with van der Waals surface area (Å²) in [7, 11) is 1.44. The van der Waals surface area contributed by atoms with Crippen LogP contribution in [0.15, 0.2) is 52.3 Å². The Kier molecular flexibility index (Phi) is 5.43. The van der Waals surface area contributed by atoms with E-state index in [0.29, 0.717) is 38.6 Å². The van der Waals surface area contributed by atoms with Gasteiger partial charge >= 0.3 is 0 Å². The van der Waals surface area contributed by atoms with Gasteiger partial charge in [-0.2, -0.15) is 0 Å².